The molecule has 1 aliphatic rings. The molecule has 1 aliphatic heterocycles. The maximum Gasteiger partial charge on any atom is 0.573 e. The molecule has 1 aromatic rings. The number of para-hydroxylation sites is 1. The van der Waals surface area contributed by atoms with Gasteiger partial charge in [-0.2, -0.15) is 23.5 Å². The molecule has 0 aromatic heterocycles. The lowest BCUT2D eigenvalue weighted by molar-refractivity contribution is -0.275. The van der Waals surface area contributed by atoms with E-state index in [-0.39, 0.29) is 16.6 Å². The molecule has 0 spiro atoms. The average Bonchev–Trinajstić information content (AvgIpc) is 2.38. The Bertz CT molecular complexity index is 420. The molecule has 106 valence electrons. The van der Waals surface area contributed by atoms with E-state index in [2.05, 4.69) is 4.74 Å². The van der Waals surface area contributed by atoms with Crippen molar-refractivity contribution in [1.29, 1.82) is 0 Å². The summed E-state index contributed by atoms with van der Waals surface area (Å²) in [5.41, 5.74) is 0.194. The van der Waals surface area contributed by atoms with Crippen LogP contribution in [0.4, 0.5) is 13.2 Å². The number of hydrogen-bond acceptors (Lipinski definition) is 4. The van der Waals surface area contributed by atoms with Crippen LogP contribution in [0.25, 0.3) is 0 Å². The molecule has 1 N–H and O–H groups in total. The molecule has 2 rings (SSSR count). The van der Waals surface area contributed by atoms with E-state index in [0.29, 0.717) is 0 Å². The second-order valence-corrected chi connectivity index (χ2v) is 6.51. The van der Waals surface area contributed by atoms with Gasteiger partial charge in [-0.3, -0.25) is 0 Å². The van der Waals surface area contributed by atoms with Gasteiger partial charge in [-0.05, 0) is 6.07 Å². The van der Waals surface area contributed by atoms with Gasteiger partial charge >= 0.3 is 6.36 Å². The predicted molar refractivity (Wildman–Crippen MR) is 71.7 cm³/mol. The Hall–Kier alpha value is -0.530. The van der Waals surface area contributed by atoms with Crippen molar-refractivity contribution in [3.63, 3.8) is 0 Å². The highest BCUT2D eigenvalue weighted by atomic mass is 32.2. The first-order valence-electron chi connectivity index (χ1n) is 5.69. The van der Waals surface area contributed by atoms with Gasteiger partial charge in [0.15, 0.2) is 0 Å². The Morgan fingerprint density at radius 2 is 2.00 bits per heavy atom. The fourth-order valence-electron chi connectivity index (χ4n) is 1.83. The molecule has 1 heterocycles. The van der Waals surface area contributed by atoms with E-state index in [4.69, 9.17) is 0 Å². The van der Waals surface area contributed by atoms with Gasteiger partial charge in [0.1, 0.15) is 5.75 Å². The Labute approximate surface area is 117 Å². The summed E-state index contributed by atoms with van der Waals surface area (Å²) in [6.07, 6.45) is -5.69. The van der Waals surface area contributed by atoms with Crippen LogP contribution in [0.5, 0.6) is 5.75 Å². The van der Waals surface area contributed by atoms with Crippen molar-refractivity contribution in [3.8, 4) is 5.75 Å². The summed E-state index contributed by atoms with van der Waals surface area (Å²) in [7, 11) is 0. The second kappa shape index (κ2) is 6.28. The second-order valence-electron chi connectivity index (χ2n) is 4.01. The highest BCUT2D eigenvalue weighted by Crippen LogP contribution is 2.38. The van der Waals surface area contributed by atoms with E-state index < -0.39 is 12.5 Å². The number of rotatable bonds is 3. The fraction of sp³-hybridized carbons (Fsp3) is 0.500. The topological polar surface area (TPSA) is 29.5 Å². The number of alkyl halides is 3. The zero-order valence-electron chi connectivity index (χ0n) is 9.89. The molecule has 19 heavy (non-hydrogen) atoms. The van der Waals surface area contributed by atoms with E-state index in [0.717, 1.165) is 17.3 Å². The van der Waals surface area contributed by atoms with Crippen molar-refractivity contribution in [2.24, 2.45) is 0 Å². The first-order valence-corrected chi connectivity index (χ1v) is 7.90. The molecular formula is C12H13F3O2S2. The molecule has 2 nitrogen and oxygen atoms in total. The van der Waals surface area contributed by atoms with E-state index in [1.807, 2.05) is 0 Å². The van der Waals surface area contributed by atoms with Crippen molar-refractivity contribution >= 4 is 23.5 Å². The number of halogens is 3. The summed E-state index contributed by atoms with van der Waals surface area (Å²) in [6, 6.07) is 5.76. The van der Waals surface area contributed by atoms with Crippen LogP contribution in [-0.4, -0.2) is 34.0 Å². The van der Waals surface area contributed by atoms with Crippen LogP contribution < -0.4 is 4.74 Å². The maximum atomic E-state index is 12.3. The smallest absolute Gasteiger partial charge is 0.405 e. The molecule has 1 fully saturated rings. The third-order valence-corrected chi connectivity index (χ3v) is 5.51. The molecule has 0 amide bonds. The molecule has 0 aliphatic carbocycles. The molecule has 2 unspecified atom stereocenters. The van der Waals surface area contributed by atoms with Crippen LogP contribution in [0.15, 0.2) is 24.3 Å². The SMILES string of the molecule is OC(c1ccccc1OC(F)(F)F)C1CSCCS1. The number of hydrogen-bond donors (Lipinski definition) is 1. The highest BCUT2D eigenvalue weighted by molar-refractivity contribution is 8.06. The van der Waals surface area contributed by atoms with E-state index in [9.17, 15) is 18.3 Å². The minimum Gasteiger partial charge on any atom is -0.405 e. The Morgan fingerprint density at radius 1 is 1.26 bits per heavy atom. The van der Waals surface area contributed by atoms with Gasteiger partial charge in [-0.1, -0.05) is 18.2 Å². The van der Waals surface area contributed by atoms with Crippen LogP contribution >= 0.6 is 23.5 Å². The third kappa shape index (κ3) is 4.22. The molecule has 7 heteroatoms. The third-order valence-electron chi connectivity index (χ3n) is 2.66. The summed E-state index contributed by atoms with van der Waals surface area (Å²) in [5.74, 6) is 2.31. The number of aliphatic hydroxyl groups is 1. The zero-order chi connectivity index (χ0) is 13.9. The van der Waals surface area contributed by atoms with Gasteiger partial charge in [0.25, 0.3) is 0 Å². The summed E-state index contributed by atoms with van der Waals surface area (Å²) >= 11 is 3.29. The van der Waals surface area contributed by atoms with Gasteiger partial charge in [-0.25, -0.2) is 0 Å². The predicted octanol–water partition coefficient (Wildman–Crippen LogP) is 3.47. The zero-order valence-corrected chi connectivity index (χ0v) is 11.5. The van der Waals surface area contributed by atoms with Crippen molar-refractivity contribution < 1.29 is 23.0 Å². The summed E-state index contributed by atoms with van der Waals surface area (Å²) in [5, 5.41) is 10.1. The Morgan fingerprint density at radius 3 is 2.63 bits per heavy atom. The Kier molecular flexibility index (Phi) is 4.92. The van der Waals surface area contributed by atoms with Gasteiger partial charge in [0.2, 0.25) is 0 Å². The minimum absolute atomic E-state index is 0.100. The van der Waals surface area contributed by atoms with Crippen molar-refractivity contribution in [1.82, 2.24) is 0 Å². The van der Waals surface area contributed by atoms with Crippen LogP contribution in [0, 0.1) is 0 Å². The average molecular weight is 310 g/mol. The largest absolute Gasteiger partial charge is 0.573 e. The maximum absolute atomic E-state index is 12.3. The fourth-order valence-corrected chi connectivity index (χ4v) is 4.57. The molecule has 0 radical (unpaired) electrons. The lowest BCUT2D eigenvalue weighted by Gasteiger charge is -2.27. The quantitative estimate of drug-likeness (QED) is 0.926. The number of aliphatic hydroxyl groups excluding tert-OH is 1. The monoisotopic (exact) mass is 310 g/mol. The van der Waals surface area contributed by atoms with Gasteiger partial charge in [0.05, 0.1) is 6.10 Å². The molecule has 0 bridgehead atoms. The van der Waals surface area contributed by atoms with Crippen LogP contribution in [0.3, 0.4) is 0 Å². The van der Waals surface area contributed by atoms with Gasteiger partial charge < -0.3 is 9.84 Å². The summed E-state index contributed by atoms with van der Waals surface area (Å²) in [4.78, 5) is 0. The van der Waals surface area contributed by atoms with E-state index in [1.165, 1.54) is 18.2 Å². The first-order chi connectivity index (χ1) is 8.97. The summed E-state index contributed by atoms with van der Waals surface area (Å²) in [6.45, 7) is 0. The van der Waals surface area contributed by atoms with Crippen molar-refractivity contribution in [3.05, 3.63) is 29.8 Å². The minimum atomic E-state index is -4.75. The van der Waals surface area contributed by atoms with Crippen LogP contribution in [-0.2, 0) is 0 Å². The first kappa shape index (κ1) is 14.9. The van der Waals surface area contributed by atoms with E-state index in [1.54, 1.807) is 29.6 Å². The normalized spacial score (nSPS) is 22.0. The van der Waals surface area contributed by atoms with Crippen LogP contribution in [0.2, 0.25) is 0 Å². The molecule has 1 saturated heterocycles. The number of benzene rings is 1. The molecule has 1 aromatic carbocycles. The van der Waals surface area contributed by atoms with E-state index >= 15 is 0 Å². The lowest BCUT2D eigenvalue weighted by atomic mass is 10.1. The molecule has 0 saturated carbocycles. The number of thioether (sulfide) groups is 2. The van der Waals surface area contributed by atoms with Crippen molar-refractivity contribution in [2.45, 2.75) is 17.7 Å². The summed E-state index contributed by atoms with van der Waals surface area (Å²) < 4.78 is 40.9. The molecule has 2 atom stereocenters. The van der Waals surface area contributed by atoms with Crippen LogP contribution in [0.1, 0.15) is 11.7 Å². The lowest BCUT2D eigenvalue weighted by Crippen LogP contribution is -2.24. The standard InChI is InChI=1S/C12H13F3O2S2/c13-12(14,15)17-9-4-2-1-3-8(9)11(16)10-7-18-5-6-19-10/h1-4,10-11,16H,5-7H2. The highest BCUT2D eigenvalue weighted by Gasteiger charge is 2.34. The number of ether oxygens (including phenoxy) is 1. The molecular weight excluding hydrogens is 297 g/mol. The van der Waals surface area contributed by atoms with Gasteiger partial charge in [0, 0.05) is 28.1 Å². The van der Waals surface area contributed by atoms with Gasteiger partial charge in [-0.15, -0.1) is 13.2 Å². The van der Waals surface area contributed by atoms with Crippen molar-refractivity contribution in [2.75, 3.05) is 17.3 Å². The Balaban J connectivity index is 2.18.